The van der Waals surface area contributed by atoms with Gasteiger partial charge in [0.25, 0.3) is 5.91 Å². The summed E-state index contributed by atoms with van der Waals surface area (Å²) in [7, 11) is 0. The maximum Gasteiger partial charge on any atom is 0.252 e. The van der Waals surface area contributed by atoms with Gasteiger partial charge in [0.15, 0.2) is 0 Å². The molecule has 0 unspecified atom stereocenters. The lowest BCUT2D eigenvalue weighted by Gasteiger charge is -2.26. The molecule has 1 aliphatic rings. The summed E-state index contributed by atoms with van der Waals surface area (Å²) in [5.74, 6) is -0.159. The topological polar surface area (TPSA) is 71.5 Å². The fourth-order valence-corrected chi connectivity index (χ4v) is 3.47. The Bertz CT molecular complexity index is 1010. The van der Waals surface area contributed by atoms with Crippen LogP contribution in [0.15, 0.2) is 60.7 Å². The summed E-state index contributed by atoms with van der Waals surface area (Å²) < 4.78 is 5.27. The van der Waals surface area contributed by atoms with Crippen molar-refractivity contribution in [3.63, 3.8) is 0 Å². The maximum absolute atomic E-state index is 12.9. The van der Waals surface area contributed by atoms with Gasteiger partial charge in [-0.2, -0.15) is 0 Å². The molecule has 0 aliphatic carbocycles. The van der Waals surface area contributed by atoms with Gasteiger partial charge in [-0.3, -0.25) is 9.59 Å². The number of benzene rings is 2. The van der Waals surface area contributed by atoms with Gasteiger partial charge in [0, 0.05) is 37.0 Å². The monoisotopic (exact) mass is 389 g/mol. The lowest BCUT2D eigenvalue weighted by Crippen LogP contribution is -2.42. The second-order valence-electron chi connectivity index (χ2n) is 6.94. The van der Waals surface area contributed by atoms with Crippen LogP contribution in [-0.2, 0) is 9.53 Å². The Hall–Kier alpha value is -3.25. The van der Waals surface area contributed by atoms with Crippen LogP contribution in [0.3, 0.4) is 0 Å². The van der Waals surface area contributed by atoms with Gasteiger partial charge in [-0.25, -0.2) is 4.98 Å². The second kappa shape index (κ2) is 8.84. The summed E-state index contributed by atoms with van der Waals surface area (Å²) in [6, 6.07) is 19.2. The van der Waals surface area contributed by atoms with Gasteiger partial charge in [0.1, 0.15) is 0 Å². The Morgan fingerprint density at radius 1 is 1.00 bits per heavy atom. The molecule has 0 radical (unpaired) electrons. The molecule has 2 heterocycles. The average Bonchev–Trinajstić information content (AvgIpc) is 2.79. The van der Waals surface area contributed by atoms with Crippen molar-refractivity contribution < 1.29 is 14.3 Å². The smallest absolute Gasteiger partial charge is 0.252 e. The van der Waals surface area contributed by atoms with E-state index in [2.05, 4.69) is 5.32 Å². The first-order chi connectivity index (χ1) is 14.2. The number of fused-ring (bicyclic) bond motifs is 1. The predicted octanol–water partition coefficient (Wildman–Crippen LogP) is 2.88. The van der Waals surface area contributed by atoms with Crippen molar-refractivity contribution in [2.75, 3.05) is 32.8 Å². The van der Waals surface area contributed by atoms with E-state index in [4.69, 9.17) is 9.72 Å². The van der Waals surface area contributed by atoms with Gasteiger partial charge in [-0.15, -0.1) is 0 Å². The normalized spacial score (nSPS) is 14.0. The predicted molar refractivity (Wildman–Crippen MR) is 112 cm³/mol. The van der Waals surface area contributed by atoms with E-state index in [-0.39, 0.29) is 18.2 Å². The highest BCUT2D eigenvalue weighted by Gasteiger charge is 2.18. The zero-order valence-corrected chi connectivity index (χ0v) is 16.1. The van der Waals surface area contributed by atoms with E-state index in [0.29, 0.717) is 38.4 Å². The number of para-hydroxylation sites is 1. The van der Waals surface area contributed by atoms with E-state index in [0.717, 1.165) is 22.2 Å². The van der Waals surface area contributed by atoms with E-state index in [1.54, 1.807) is 4.90 Å². The van der Waals surface area contributed by atoms with Crippen LogP contribution in [0.5, 0.6) is 0 Å². The molecule has 2 amide bonds. The van der Waals surface area contributed by atoms with Crippen LogP contribution in [0.25, 0.3) is 22.2 Å². The van der Waals surface area contributed by atoms with Crippen molar-refractivity contribution in [1.29, 1.82) is 0 Å². The summed E-state index contributed by atoms with van der Waals surface area (Å²) in [6.45, 7) is 2.67. The van der Waals surface area contributed by atoms with Crippen LogP contribution in [0.1, 0.15) is 16.8 Å². The third-order valence-electron chi connectivity index (χ3n) is 5.02. The van der Waals surface area contributed by atoms with Gasteiger partial charge in [-0.05, 0) is 12.1 Å². The molecule has 0 spiro atoms. The highest BCUT2D eigenvalue weighted by atomic mass is 16.5. The number of carbonyl (C=O) groups excluding carboxylic acids is 2. The van der Waals surface area contributed by atoms with Crippen LogP contribution < -0.4 is 5.32 Å². The highest BCUT2D eigenvalue weighted by Crippen LogP contribution is 2.24. The molecule has 1 N–H and O–H groups in total. The maximum atomic E-state index is 12.9. The van der Waals surface area contributed by atoms with Crippen LogP contribution in [0, 0.1) is 0 Å². The molecule has 3 aromatic rings. The molecule has 6 heteroatoms. The zero-order valence-electron chi connectivity index (χ0n) is 16.1. The van der Waals surface area contributed by atoms with Gasteiger partial charge in [0.2, 0.25) is 5.91 Å². The minimum Gasteiger partial charge on any atom is -0.378 e. The molecule has 1 aromatic heterocycles. The lowest BCUT2D eigenvalue weighted by atomic mass is 10.0. The Labute approximate surface area is 169 Å². The molecule has 2 aromatic carbocycles. The van der Waals surface area contributed by atoms with E-state index in [1.165, 1.54) is 0 Å². The first-order valence-corrected chi connectivity index (χ1v) is 9.81. The molecular formula is C23H23N3O3. The fraction of sp³-hybridized carbons (Fsp3) is 0.261. The third-order valence-corrected chi connectivity index (χ3v) is 5.02. The molecule has 0 atom stereocenters. The standard InChI is InChI=1S/C23H23N3O3/c27-22(26-12-14-29-15-13-26)10-11-24-23(28)19-16-21(17-6-2-1-3-7-17)25-20-9-5-4-8-18(19)20/h1-9,16H,10-15H2,(H,24,28). The second-order valence-corrected chi connectivity index (χ2v) is 6.94. The minimum atomic E-state index is -0.199. The number of nitrogens with one attached hydrogen (secondary N) is 1. The number of ether oxygens (including phenoxy) is 1. The van der Waals surface area contributed by atoms with Crippen LogP contribution >= 0.6 is 0 Å². The van der Waals surface area contributed by atoms with Crippen molar-refractivity contribution in [3.05, 3.63) is 66.2 Å². The van der Waals surface area contributed by atoms with Gasteiger partial charge in [-0.1, -0.05) is 48.5 Å². The Balaban J connectivity index is 1.51. The molecule has 29 heavy (non-hydrogen) atoms. The van der Waals surface area contributed by atoms with Gasteiger partial charge in [0.05, 0.1) is 30.0 Å². The number of nitrogens with zero attached hydrogens (tertiary/aromatic N) is 2. The number of hydrogen-bond donors (Lipinski definition) is 1. The summed E-state index contributed by atoms with van der Waals surface area (Å²) >= 11 is 0. The summed E-state index contributed by atoms with van der Waals surface area (Å²) in [5.41, 5.74) is 3.03. The highest BCUT2D eigenvalue weighted by molar-refractivity contribution is 6.07. The third kappa shape index (κ3) is 4.43. The number of aromatic nitrogens is 1. The Kier molecular flexibility index (Phi) is 5.81. The summed E-state index contributed by atoms with van der Waals surface area (Å²) in [6.07, 6.45) is 0.278. The van der Waals surface area contributed by atoms with E-state index in [1.807, 2.05) is 60.7 Å². The quantitative estimate of drug-likeness (QED) is 0.728. The molecule has 4 rings (SSSR count). The number of hydrogen-bond acceptors (Lipinski definition) is 4. The molecule has 1 aliphatic heterocycles. The molecular weight excluding hydrogens is 366 g/mol. The van der Waals surface area contributed by atoms with Crippen molar-refractivity contribution in [1.82, 2.24) is 15.2 Å². The van der Waals surface area contributed by atoms with Crippen molar-refractivity contribution in [2.24, 2.45) is 0 Å². The average molecular weight is 389 g/mol. The number of amides is 2. The number of rotatable bonds is 5. The first kappa shape index (κ1) is 19.1. The molecule has 0 bridgehead atoms. The van der Waals surface area contributed by atoms with Crippen LogP contribution in [-0.4, -0.2) is 54.5 Å². The largest absolute Gasteiger partial charge is 0.378 e. The van der Waals surface area contributed by atoms with Crippen LogP contribution in [0.2, 0.25) is 0 Å². The van der Waals surface area contributed by atoms with Gasteiger partial charge >= 0.3 is 0 Å². The van der Waals surface area contributed by atoms with E-state index < -0.39 is 0 Å². The lowest BCUT2D eigenvalue weighted by molar-refractivity contribution is -0.135. The van der Waals surface area contributed by atoms with Crippen molar-refractivity contribution in [3.8, 4) is 11.3 Å². The summed E-state index contributed by atoms with van der Waals surface area (Å²) in [4.78, 5) is 31.7. The van der Waals surface area contributed by atoms with E-state index in [9.17, 15) is 9.59 Å². The molecule has 0 saturated carbocycles. The SMILES string of the molecule is O=C(NCCC(=O)N1CCOCC1)c1cc(-c2ccccc2)nc2ccccc12. The van der Waals surface area contributed by atoms with E-state index >= 15 is 0 Å². The zero-order chi connectivity index (χ0) is 20.1. The fourth-order valence-electron chi connectivity index (χ4n) is 3.47. The summed E-state index contributed by atoms with van der Waals surface area (Å²) in [5, 5.41) is 3.69. The minimum absolute atomic E-state index is 0.0400. The Morgan fingerprint density at radius 2 is 1.72 bits per heavy atom. The van der Waals surface area contributed by atoms with Gasteiger partial charge < -0.3 is 15.0 Å². The van der Waals surface area contributed by atoms with Crippen LogP contribution in [0.4, 0.5) is 0 Å². The first-order valence-electron chi connectivity index (χ1n) is 9.81. The van der Waals surface area contributed by atoms with Crippen molar-refractivity contribution in [2.45, 2.75) is 6.42 Å². The van der Waals surface area contributed by atoms with Crippen molar-refractivity contribution >= 4 is 22.7 Å². The Morgan fingerprint density at radius 3 is 2.52 bits per heavy atom. The molecule has 6 nitrogen and oxygen atoms in total. The molecule has 1 saturated heterocycles. The molecule has 1 fully saturated rings. The number of pyridine rings is 1. The number of morpholine rings is 1. The molecule has 148 valence electrons. The number of carbonyl (C=O) groups is 2.